The first-order chi connectivity index (χ1) is 15.5. The number of aromatic amines is 1. The van der Waals surface area contributed by atoms with Crippen LogP contribution in [0.25, 0.3) is 5.69 Å². The Morgan fingerprint density at radius 1 is 1.09 bits per heavy atom. The van der Waals surface area contributed by atoms with Crippen LogP contribution in [0.3, 0.4) is 0 Å². The summed E-state index contributed by atoms with van der Waals surface area (Å²) in [6.45, 7) is 4.53. The van der Waals surface area contributed by atoms with Crippen molar-refractivity contribution in [1.82, 2.24) is 24.2 Å². The highest BCUT2D eigenvalue weighted by Crippen LogP contribution is 2.19. The van der Waals surface area contributed by atoms with Gasteiger partial charge in [-0.15, -0.1) is 0 Å². The van der Waals surface area contributed by atoms with Crippen LogP contribution in [0.1, 0.15) is 47.6 Å². The minimum absolute atomic E-state index is 0.0142. The molecule has 2 aliphatic rings. The van der Waals surface area contributed by atoms with Gasteiger partial charge in [-0.05, 0) is 38.3 Å². The lowest BCUT2D eigenvalue weighted by Gasteiger charge is -2.27. The standard InChI is InChI=1S/C24H28N6O2/c1-16-18(24(32)30(28(16)2)17-8-4-3-5-9-17)14-29-13-11-20-19(15-29)23(31)27-22(26-20)21-10-6-7-12-25-21/h3-5,8-9H,6-7,10-15H2,1-2H3,(H,26,27,31). The molecule has 0 bridgehead atoms. The summed E-state index contributed by atoms with van der Waals surface area (Å²) >= 11 is 0. The molecule has 5 rings (SSSR count). The molecule has 0 unspecified atom stereocenters. The molecule has 0 radical (unpaired) electrons. The first-order valence-electron chi connectivity index (χ1n) is 11.2. The molecule has 0 atom stereocenters. The fraction of sp³-hybridized carbons (Fsp3) is 0.417. The maximum absolute atomic E-state index is 13.2. The fourth-order valence-corrected chi connectivity index (χ4v) is 4.67. The molecule has 3 aromatic rings. The number of benzene rings is 1. The summed E-state index contributed by atoms with van der Waals surface area (Å²) in [7, 11) is 1.91. The van der Waals surface area contributed by atoms with E-state index < -0.39 is 0 Å². The third kappa shape index (κ3) is 3.64. The molecule has 2 aliphatic heterocycles. The Kier molecular flexibility index (Phi) is 5.38. The maximum atomic E-state index is 13.2. The number of aromatic nitrogens is 4. The van der Waals surface area contributed by atoms with Gasteiger partial charge in [0.1, 0.15) is 0 Å². The highest BCUT2D eigenvalue weighted by molar-refractivity contribution is 5.97. The second-order valence-electron chi connectivity index (χ2n) is 8.63. The van der Waals surface area contributed by atoms with Crippen LogP contribution in [0.4, 0.5) is 0 Å². The van der Waals surface area contributed by atoms with Gasteiger partial charge in [-0.1, -0.05) is 18.2 Å². The second-order valence-corrected chi connectivity index (χ2v) is 8.63. The molecule has 2 aromatic heterocycles. The largest absolute Gasteiger partial charge is 0.305 e. The molecule has 0 aliphatic carbocycles. The summed E-state index contributed by atoms with van der Waals surface area (Å²) in [6, 6.07) is 9.66. The Labute approximate surface area is 186 Å². The van der Waals surface area contributed by atoms with E-state index in [9.17, 15) is 9.59 Å². The Morgan fingerprint density at radius 2 is 1.91 bits per heavy atom. The van der Waals surface area contributed by atoms with Gasteiger partial charge >= 0.3 is 0 Å². The van der Waals surface area contributed by atoms with Gasteiger partial charge < -0.3 is 4.98 Å². The first-order valence-corrected chi connectivity index (χ1v) is 11.2. The predicted octanol–water partition coefficient (Wildman–Crippen LogP) is 2.10. The second kappa shape index (κ2) is 8.35. The van der Waals surface area contributed by atoms with Crippen LogP contribution in [-0.4, -0.2) is 43.0 Å². The number of rotatable bonds is 4. The molecule has 0 saturated heterocycles. The highest BCUT2D eigenvalue weighted by atomic mass is 16.1. The molecular formula is C24H28N6O2. The Balaban J connectivity index is 1.41. The number of hydrogen-bond donors (Lipinski definition) is 1. The summed E-state index contributed by atoms with van der Waals surface area (Å²) in [5.41, 5.74) is 4.92. The van der Waals surface area contributed by atoms with Gasteiger partial charge in [0.05, 0.1) is 28.2 Å². The number of fused-ring (bicyclic) bond motifs is 1. The maximum Gasteiger partial charge on any atom is 0.276 e. The normalized spacial score (nSPS) is 16.6. The van der Waals surface area contributed by atoms with Crippen molar-refractivity contribution in [3.8, 4) is 5.69 Å². The zero-order valence-electron chi connectivity index (χ0n) is 18.6. The molecule has 0 fully saturated rings. The van der Waals surface area contributed by atoms with Crippen molar-refractivity contribution in [2.75, 3.05) is 13.1 Å². The zero-order valence-corrected chi connectivity index (χ0v) is 18.6. The van der Waals surface area contributed by atoms with Crippen molar-refractivity contribution in [3.63, 3.8) is 0 Å². The Morgan fingerprint density at radius 3 is 2.66 bits per heavy atom. The van der Waals surface area contributed by atoms with E-state index >= 15 is 0 Å². The Bertz CT molecular complexity index is 1300. The number of para-hydroxylation sites is 1. The lowest BCUT2D eigenvalue weighted by molar-refractivity contribution is 0.240. The fourth-order valence-electron chi connectivity index (χ4n) is 4.67. The van der Waals surface area contributed by atoms with E-state index in [2.05, 4.69) is 14.9 Å². The number of aliphatic imine (C=N–C) groups is 1. The van der Waals surface area contributed by atoms with E-state index in [0.29, 0.717) is 30.9 Å². The average molecular weight is 433 g/mol. The minimum Gasteiger partial charge on any atom is -0.305 e. The molecule has 8 nitrogen and oxygen atoms in total. The van der Waals surface area contributed by atoms with Gasteiger partial charge in [0.15, 0.2) is 5.82 Å². The predicted molar refractivity (Wildman–Crippen MR) is 124 cm³/mol. The van der Waals surface area contributed by atoms with Crippen LogP contribution in [0, 0.1) is 6.92 Å². The third-order valence-electron chi connectivity index (χ3n) is 6.60. The molecule has 0 spiro atoms. The lowest BCUT2D eigenvalue weighted by atomic mass is 10.0. The molecule has 0 saturated carbocycles. The molecule has 32 heavy (non-hydrogen) atoms. The number of H-pyrrole nitrogens is 1. The van der Waals surface area contributed by atoms with Crippen LogP contribution in [0.15, 0.2) is 44.9 Å². The number of nitrogens with zero attached hydrogens (tertiary/aromatic N) is 5. The smallest absolute Gasteiger partial charge is 0.276 e. The summed E-state index contributed by atoms with van der Waals surface area (Å²) in [5, 5.41) is 0. The zero-order chi connectivity index (χ0) is 22.2. The van der Waals surface area contributed by atoms with Crippen LogP contribution < -0.4 is 11.1 Å². The summed E-state index contributed by atoms with van der Waals surface area (Å²) in [4.78, 5) is 40.5. The van der Waals surface area contributed by atoms with E-state index in [-0.39, 0.29) is 11.1 Å². The summed E-state index contributed by atoms with van der Waals surface area (Å²) < 4.78 is 3.60. The van der Waals surface area contributed by atoms with Gasteiger partial charge in [-0.3, -0.25) is 24.2 Å². The molecular weight excluding hydrogens is 404 g/mol. The molecule has 0 amide bonds. The van der Waals surface area contributed by atoms with Crippen LogP contribution >= 0.6 is 0 Å². The highest BCUT2D eigenvalue weighted by Gasteiger charge is 2.25. The quantitative estimate of drug-likeness (QED) is 0.684. The number of hydrogen-bond acceptors (Lipinski definition) is 5. The van der Waals surface area contributed by atoms with Gasteiger partial charge in [-0.25, -0.2) is 9.67 Å². The molecule has 4 heterocycles. The summed E-state index contributed by atoms with van der Waals surface area (Å²) in [5.74, 6) is 0.631. The van der Waals surface area contributed by atoms with Gasteiger partial charge in [0, 0.05) is 45.3 Å². The number of nitrogens with one attached hydrogen (secondary N) is 1. The van der Waals surface area contributed by atoms with Crippen LogP contribution in [0.5, 0.6) is 0 Å². The molecule has 1 aromatic carbocycles. The summed E-state index contributed by atoms with van der Waals surface area (Å²) in [6.07, 6.45) is 3.75. The van der Waals surface area contributed by atoms with Crippen LogP contribution in [-0.2, 0) is 26.6 Å². The Hall–Kier alpha value is -3.26. The van der Waals surface area contributed by atoms with Crippen molar-refractivity contribution in [1.29, 1.82) is 0 Å². The van der Waals surface area contributed by atoms with E-state index in [4.69, 9.17) is 4.98 Å². The van der Waals surface area contributed by atoms with E-state index in [0.717, 1.165) is 60.7 Å². The van der Waals surface area contributed by atoms with Gasteiger partial charge in [0.25, 0.3) is 11.1 Å². The van der Waals surface area contributed by atoms with E-state index in [1.807, 2.05) is 49.0 Å². The van der Waals surface area contributed by atoms with E-state index in [1.165, 1.54) is 0 Å². The van der Waals surface area contributed by atoms with Crippen molar-refractivity contribution in [2.24, 2.45) is 12.0 Å². The van der Waals surface area contributed by atoms with Crippen molar-refractivity contribution in [3.05, 3.63) is 79.4 Å². The first kappa shape index (κ1) is 20.6. The average Bonchev–Trinajstić information content (AvgIpc) is 3.03. The topological polar surface area (TPSA) is 88.3 Å². The van der Waals surface area contributed by atoms with Gasteiger partial charge in [0.2, 0.25) is 0 Å². The van der Waals surface area contributed by atoms with Crippen molar-refractivity contribution in [2.45, 2.75) is 45.7 Å². The SMILES string of the molecule is Cc1c(CN2CCc3nc(C4=NCCCC4)[nH]c(=O)c3C2)c(=O)n(-c2ccccc2)n1C. The minimum atomic E-state index is -0.0885. The van der Waals surface area contributed by atoms with Crippen LogP contribution in [0.2, 0.25) is 0 Å². The third-order valence-corrected chi connectivity index (χ3v) is 6.60. The van der Waals surface area contributed by atoms with Gasteiger partial charge in [-0.2, -0.15) is 0 Å². The molecule has 166 valence electrons. The lowest BCUT2D eigenvalue weighted by Crippen LogP contribution is -2.37. The van der Waals surface area contributed by atoms with Crippen molar-refractivity contribution < 1.29 is 0 Å². The molecule has 8 heteroatoms. The molecule has 1 N–H and O–H groups in total. The monoisotopic (exact) mass is 432 g/mol. The van der Waals surface area contributed by atoms with E-state index in [1.54, 1.807) is 4.68 Å². The van der Waals surface area contributed by atoms with Crippen molar-refractivity contribution >= 4 is 5.71 Å².